The third-order valence-corrected chi connectivity index (χ3v) is 11.1. The minimum Gasteiger partial charge on any atom is -0.368 e. The second-order valence-electron chi connectivity index (χ2n) is 9.82. The number of amides is 2. The maximum absolute atomic E-state index is 13.6. The van der Waals surface area contributed by atoms with Gasteiger partial charge in [-0.3, -0.25) is 9.59 Å². The van der Waals surface area contributed by atoms with Crippen LogP contribution in [-0.2, 0) is 29.6 Å². The van der Waals surface area contributed by atoms with E-state index >= 15 is 0 Å². The summed E-state index contributed by atoms with van der Waals surface area (Å²) in [4.78, 5) is 25.9. The highest BCUT2D eigenvalue weighted by atomic mass is 32.2. The van der Waals surface area contributed by atoms with Gasteiger partial charge in [0.15, 0.2) is 0 Å². The zero-order valence-corrected chi connectivity index (χ0v) is 22.7. The van der Waals surface area contributed by atoms with Gasteiger partial charge in [-0.15, -0.1) is 0 Å². The molecule has 2 aliphatic rings. The van der Waals surface area contributed by atoms with Gasteiger partial charge in [-0.25, -0.2) is 16.8 Å². The standard InChI is InChI=1S/C26H34N4O6S2/c27-25(31)23(18-20-10-4-1-5-11-20)28-26(32)24-19-29(37(33,34)21-12-6-2-7-13-21)16-17-30(24)38(35,36)22-14-8-3-9-15-22/h2-3,6-9,12-15,20,23-24H,1,4-5,10-11,16-19H2,(H2,27,31)(H,28,32)/t23-,24-/m0/s1. The minimum absolute atomic E-state index is 0.00850. The fourth-order valence-electron chi connectivity index (χ4n) is 5.20. The molecule has 4 rings (SSSR count). The van der Waals surface area contributed by atoms with Gasteiger partial charge in [-0.05, 0) is 36.6 Å². The number of sulfonamides is 2. The van der Waals surface area contributed by atoms with Gasteiger partial charge in [0.2, 0.25) is 31.9 Å². The summed E-state index contributed by atoms with van der Waals surface area (Å²) in [6.07, 6.45) is 5.45. The molecule has 2 atom stereocenters. The van der Waals surface area contributed by atoms with Gasteiger partial charge in [-0.2, -0.15) is 8.61 Å². The Bertz CT molecular complexity index is 1330. The average molecular weight is 563 g/mol. The maximum atomic E-state index is 13.6. The van der Waals surface area contributed by atoms with Gasteiger partial charge in [-0.1, -0.05) is 68.5 Å². The first-order chi connectivity index (χ1) is 18.1. The van der Waals surface area contributed by atoms with Crippen LogP contribution in [0.5, 0.6) is 0 Å². The van der Waals surface area contributed by atoms with E-state index in [1.807, 2.05) is 0 Å². The third kappa shape index (κ3) is 6.25. The van der Waals surface area contributed by atoms with Crippen LogP contribution in [0.4, 0.5) is 0 Å². The number of nitrogens with two attached hydrogens (primary N) is 1. The van der Waals surface area contributed by atoms with E-state index in [-0.39, 0.29) is 28.8 Å². The van der Waals surface area contributed by atoms with E-state index in [1.54, 1.807) is 36.4 Å². The van der Waals surface area contributed by atoms with Gasteiger partial charge >= 0.3 is 0 Å². The number of hydrogen-bond acceptors (Lipinski definition) is 6. The van der Waals surface area contributed by atoms with E-state index in [0.29, 0.717) is 6.42 Å². The summed E-state index contributed by atoms with van der Waals surface area (Å²) in [5.74, 6) is -1.23. The molecule has 0 spiro atoms. The van der Waals surface area contributed by atoms with Crippen LogP contribution in [0.3, 0.4) is 0 Å². The van der Waals surface area contributed by atoms with Crippen LogP contribution in [0.25, 0.3) is 0 Å². The highest BCUT2D eigenvalue weighted by Crippen LogP contribution is 2.28. The van der Waals surface area contributed by atoms with Gasteiger partial charge < -0.3 is 11.1 Å². The molecule has 0 radical (unpaired) electrons. The number of benzene rings is 2. The topological polar surface area (TPSA) is 147 Å². The summed E-state index contributed by atoms with van der Waals surface area (Å²) in [5.41, 5.74) is 5.62. The van der Waals surface area contributed by atoms with Crippen molar-refractivity contribution < 1.29 is 26.4 Å². The lowest BCUT2D eigenvalue weighted by molar-refractivity contribution is -0.131. The molecule has 2 amide bonds. The number of nitrogens with zero attached hydrogens (tertiary/aromatic N) is 2. The van der Waals surface area contributed by atoms with E-state index in [4.69, 9.17) is 5.73 Å². The van der Waals surface area contributed by atoms with Crippen LogP contribution >= 0.6 is 0 Å². The van der Waals surface area contributed by atoms with E-state index < -0.39 is 50.5 Å². The van der Waals surface area contributed by atoms with Crippen molar-refractivity contribution in [3.8, 4) is 0 Å². The molecule has 0 aromatic heterocycles. The van der Waals surface area contributed by atoms with Crippen LogP contribution in [0, 0.1) is 5.92 Å². The molecule has 1 heterocycles. The molecule has 1 aliphatic carbocycles. The number of piperazine rings is 1. The Balaban J connectivity index is 1.63. The number of nitrogens with one attached hydrogen (secondary N) is 1. The minimum atomic E-state index is -4.14. The Morgan fingerprint density at radius 2 is 1.39 bits per heavy atom. The highest BCUT2D eigenvalue weighted by Gasteiger charge is 2.44. The van der Waals surface area contributed by atoms with Crippen molar-refractivity contribution in [2.75, 3.05) is 19.6 Å². The lowest BCUT2D eigenvalue weighted by Crippen LogP contribution is -2.63. The molecule has 38 heavy (non-hydrogen) atoms. The molecule has 206 valence electrons. The van der Waals surface area contributed by atoms with Gasteiger partial charge in [0.1, 0.15) is 12.1 Å². The van der Waals surface area contributed by atoms with Crippen molar-refractivity contribution in [1.82, 2.24) is 13.9 Å². The first-order valence-corrected chi connectivity index (χ1v) is 15.7. The molecule has 0 unspecified atom stereocenters. The third-order valence-electron chi connectivity index (χ3n) is 7.28. The fourth-order valence-corrected chi connectivity index (χ4v) is 8.25. The molecule has 12 heteroatoms. The summed E-state index contributed by atoms with van der Waals surface area (Å²) >= 11 is 0. The predicted molar refractivity (Wildman–Crippen MR) is 142 cm³/mol. The Kier molecular flexibility index (Phi) is 8.86. The molecular formula is C26H34N4O6S2. The highest BCUT2D eigenvalue weighted by molar-refractivity contribution is 7.89. The molecular weight excluding hydrogens is 528 g/mol. The molecule has 1 aliphatic heterocycles. The van der Waals surface area contributed by atoms with Crippen LogP contribution in [0.1, 0.15) is 38.5 Å². The summed E-state index contributed by atoms with van der Waals surface area (Å²) in [6, 6.07) is 13.1. The zero-order valence-electron chi connectivity index (χ0n) is 21.1. The number of primary amides is 1. The Morgan fingerprint density at radius 1 is 0.842 bits per heavy atom. The number of carbonyl (C=O) groups excluding carboxylic acids is 2. The summed E-state index contributed by atoms with van der Waals surface area (Å²) < 4.78 is 55.9. The van der Waals surface area contributed by atoms with Gasteiger partial charge in [0.05, 0.1) is 9.79 Å². The number of carbonyl (C=O) groups is 2. The molecule has 1 saturated carbocycles. The molecule has 1 saturated heterocycles. The van der Waals surface area contributed by atoms with Gasteiger partial charge in [0.25, 0.3) is 0 Å². The summed E-state index contributed by atoms with van der Waals surface area (Å²) in [5, 5.41) is 2.66. The number of rotatable bonds is 9. The average Bonchev–Trinajstić information content (AvgIpc) is 2.93. The van der Waals surface area contributed by atoms with Crippen LogP contribution in [0.15, 0.2) is 70.5 Å². The van der Waals surface area contributed by atoms with Gasteiger partial charge in [0, 0.05) is 19.6 Å². The summed E-state index contributed by atoms with van der Waals surface area (Å²) in [6.45, 7) is -0.760. The van der Waals surface area contributed by atoms with Crippen molar-refractivity contribution in [1.29, 1.82) is 0 Å². The van der Waals surface area contributed by atoms with E-state index in [1.165, 1.54) is 24.3 Å². The van der Waals surface area contributed by atoms with Crippen molar-refractivity contribution >= 4 is 31.9 Å². The quantitative estimate of drug-likeness (QED) is 0.475. The van der Waals surface area contributed by atoms with Crippen LogP contribution in [-0.4, -0.2) is 69.0 Å². The lowest BCUT2D eigenvalue weighted by atomic mass is 9.84. The SMILES string of the molecule is NC(=O)[C@H](CC1CCCCC1)NC(=O)[C@@H]1CN(S(=O)(=O)c2ccccc2)CCN1S(=O)(=O)c1ccccc1. The van der Waals surface area contributed by atoms with Crippen molar-refractivity contribution in [2.24, 2.45) is 11.7 Å². The second-order valence-corrected chi connectivity index (χ2v) is 13.7. The molecule has 2 fully saturated rings. The largest absolute Gasteiger partial charge is 0.368 e. The predicted octanol–water partition coefficient (Wildman–Crippen LogP) is 1.69. The molecule has 3 N–H and O–H groups in total. The normalized spacial score (nSPS) is 21.0. The fraction of sp³-hybridized carbons (Fsp3) is 0.462. The Morgan fingerprint density at radius 3 is 1.95 bits per heavy atom. The molecule has 0 bridgehead atoms. The Hall–Kier alpha value is -2.80. The lowest BCUT2D eigenvalue weighted by Gasteiger charge is -2.39. The number of hydrogen-bond donors (Lipinski definition) is 2. The Labute approximate surface area is 224 Å². The van der Waals surface area contributed by atoms with Crippen molar-refractivity contribution in [2.45, 2.75) is 60.4 Å². The molecule has 2 aromatic carbocycles. The van der Waals surface area contributed by atoms with E-state index in [2.05, 4.69) is 5.32 Å². The van der Waals surface area contributed by atoms with E-state index in [9.17, 15) is 26.4 Å². The van der Waals surface area contributed by atoms with E-state index in [0.717, 1.165) is 40.7 Å². The summed E-state index contributed by atoms with van der Waals surface area (Å²) in [7, 11) is -8.13. The smallest absolute Gasteiger partial charge is 0.243 e. The first kappa shape index (κ1) is 28.2. The van der Waals surface area contributed by atoms with Crippen molar-refractivity contribution in [3.63, 3.8) is 0 Å². The van der Waals surface area contributed by atoms with Crippen LogP contribution in [0.2, 0.25) is 0 Å². The first-order valence-electron chi connectivity index (χ1n) is 12.8. The second kappa shape index (κ2) is 11.9. The molecule has 2 aromatic rings. The monoisotopic (exact) mass is 562 g/mol. The molecule has 10 nitrogen and oxygen atoms in total. The van der Waals surface area contributed by atoms with Crippen LogP contribution < -0.4 is 11.1 Å². The maximum Gasteiger partial charge on any atom is 0.243 e. The zero-order chi connectivity index (χ0) is 27.3. The van der Waals surface area contributed by atoms with Crippen molar-refractivity contribution in [3.05, 3.63) is 60.7 Å².